The molecule has 0 spiro atoms. The Labute approximate surface area is 203 Å². The number of halogens is 2. The molecule has 0 aromatic heterocycles. The highest BCUT2D eigenvalue weighted by atomic mass is 19.1. The second-order valence-electron chi connectivity index (χ2n) is 9.00. The van der Waals surface area contributed by atoms with Crippen LogP contribution in [0.3, 0.4) is 0 Å². The van der Waals surface area contributed by atoms with E-state index in [-0.39, 0.29) is 23.4 Å². The van der Waals surface area contributed by atoms with E-state index in [1.54, 1.807) is 48.5 Å². The van der Waals surface area contributed by atoms with E-state index in [4.69, 9.17) is 0 Å². The molecule has 6 heteroatoms. The third kappa shape index (κ3) is 4.80. The van der Waals surface area contributed by atoms with Gasteiger partial charge in [0.1, 0.15) is 11.6 Å². The van der Waals surface area contributed by atoms with E-state index < -0.39 is 0 Å². The van der Waals surface area contributed by atoms with Crippen molar-refractivity contribution in [2.24, 2.45) is 0 Å². The third-order valence-electron chi connectivity index (χ3n) is 6.81. The maximum Gasteiger partial charge on any atom is 0.261 e. The minimum atomic E-state index is -0.287. The number of likely N-dealkylation sites (tertiary alicyclic amines) is 1. The molecule has 0 N–H and O–H groups in total. The van der Waals surface area contributed by atoms with Gasteiger partial charge in [0.15, 0.2) is 0 Å². The van der Waals surface area contributed by atoms with Crippen LogP contribution >= 0.6 is 0 Å². The zero-order valence-electron chi connectivity index (χ0n) is 19.3. The minimum Gasteiger partial charge on any atom is -0.303 e. The summed E-state index contributed by atoms with van der Waals surface area (Å²) in [5.74, 6) is -0.995. The number of hydrogen-bond donors (Lipinski definition) is 0. The maximum absolute atomic E-state index is 13.5. The van der Waals surface area contributed by atoms with Gasteiger partial charge in [-0.2, -0.15) is 0 Å². The Morgan fingerprint density at radius 2 is 1.17 bits per heavy atom. The van der Waals surface area contributed by atoms with Gasteiger partial charge < -0.3 is 4.90 Å². The number of carbonyl (C=O) groups excluding carboxylic acids is 2. The van der Waals surface area contributed by atoms with E-state index in [9.17, 15) is 18.4 Å². The van der Waals surface area contributed by atoms with E-state index in [2.05, 4.69) is 4.90 Å². The van der Waals surface area contributed by atoms with Crippen LogP contribution in [0.5, 0.6) is 0 Å². The van der Waals surface area contributed by atoms with Crippen molar-refractivity contribution in [1.29, 1.82) is 0 Å². The maximum atomic E-state index is 13.5. The molecule has 0 bridgehead atoms. The Kier molecular flexibility index (Phi) is 6.55. The van der Waals surface area contributed by atoms with Gasteiger partial charge in [-0.05, 0) is 78.9 Å². The molecular formula is C29H26F2N2O2. The number of nitrogens with zero attached hydrogens (tertiary/aromatic N) is 2. The first kappa shape index (κ1) is 23.1. The minimum absolute atomic E-state index is 0.210. The van der Waals surface area contributed by atoms with Crippen molar-refractivity contribution >= 4 is 17.4 Å². The molecule has 4 nitrogen and oxygen atoms in total. The molecule has 0 aliphatic carbocycles. The molecule has 2 aliphatic rings. The molecule has 0 unspecified atom stereocenters. The number of fused-ring (bicyclic) bond motifs is 1. The van der Waals surface area contributed by atoms with Gasteiger partial charge in [-0.25, -0.2) is 8.78 Å². The highest BCUT2D eigenvalue weighted by Gasteiger charge is 2.34. The van der Waals surface area contributed by atoms with Gasteiger partial charge in [0.05, 0.1) is 11.1 Å². The van der Waals surface area contributed by atoms with Crippen LogP contribution in [0.2, 0.25) is 0 Å². The lowest BCUT2D eigenvalue weighted by Crippen LogP contribution is -2.36. The lowest BCUT2D eigenvalue weighted by molar-refractivity contribution is 0.0647. The van der Waals surface area contributed by atoms with Crippen LogP contribution in [-0.4, -0.2) is 47.8 Å². The molecule has 35 heavy (non-hydrogen) atoms. The van der Waals surface area contributed by atoms with Gasteiger partial charge in [-0.3, -0.25) is 14.5 Å². The Bertz CT molecular complexity index is 1190. The lowest BCUT2D eigenvalue weighted by atomic mass is 9.88. The van der Waals surface area contributed by atoms with E-state index in [0.29, 0.717) is 24.1 Å². The number of piperidine rings is 1. The third-order valence-corrected chi connectivity index (χ3v) is 6.81. The number of benzene rings is 3. The van der Waals surface area contributed by atoms with Crippen LogP contribution in [0, 0.1) is 11.6 Å². The van der Waals surface area contributed by atoms with Gasteiger partial charge in [-0.1, -0.05) is 42.0 Å². The highest BCUT2D eigenvalue weighted by molar-refractivity contribution is 6.21. The quantitative estimate of drug-likeness (QED) is 0.442. The molecule has 1 fully saturated rings. The Balaban J connectivity index is 1.24. The molecule has 3 aromatic rings. The van der Waals surface area contributed by atoms with Gasteiger partial charge in [0.2, 0.25) is 0 Å². The molecule has 3 aromatic carbocycles. The largest absolute Gasteiger partial charge is 0.303 e. The Morgan fingerprint density at radius 1 is 0.686 bits per heavy atom. The first-order valence-electron chi connectivity index (χ1n) is 11.9. The summed E-state index contributed by atoms with van der Waals surface area (Å²) >= 11 is 0. The smallest absolute Gasteiger partial charge is 0.261 e. The average Bonchev–Trinajstić information content (AvgIpc) is 3.12. The fraction of sp³-hybridized carbons (Fsp3) is 0.241. The van der Waals surface area contributed by atoms with Crippen molar-refractivity contribution in [3.8, 4) is 0 Å². The van der Waals surface area contributed by atoms with Crippen LogP contribution in [-0.2, 0) is 0 Å². The van der Waals surface area contributed by atoms with Gasteiger partial charge in [0, 0.05) is 19.6 Å². The first-order valence-corrected chi connectivity index (χ1v) is 11.9. The van der Waals surface area contributed by atoms with E-state index >= 15 is 0 Å². The SMILES string of the molecule is O=C1c2ccccc2C(=O)N1CCCN1CCC(=C(c2ccc(F)cc2)c2ccc(F)cc2)CC1. The van der Waals surface area contributed by atoms with Crippen molar-refractivity contribution in [3.63, 3.8) is 0 Å². The zero-order valence-corrected chi connectivity index (χ0v) is 19.3. The standard InChI is InChI=1S/C29H26F2N2O2/c30-23-10-6-20(7-11-23)27(21-8-12-24(31)13-9-21)22-14-18-32(19-15-22)16-3-17-33-28(34)25-4-1-2-5-26(25)29(33)35/h1-2,4-13H,3,14-19H2. The summed E-state index contributed by atoms with van der Waals surface area (Å²) in [5, 5.41) is 0. The van der Waals surface area contributed by atoms with Crippen LogP contribution in [0.15, 0.2) is 78.4 Å². The summed E-state index contributed by atoms with van der Waals surface area (Å²) in [6.45, 7) is 2.90. The molecule has 2 amide bonds. The van der Waals surface area contributed by atoms with Crippen LogP contribution in [0.1, 0.15) is 51.1 Å². The predicted octanol–water partition coefficient (Wildman–Crippen LogP) is 5.55. The highest BCUT2D eigenvalue weighted by Crippen LogP contribution is 2.33. The van der Waals surface area contributed by atoms with Crippen molar-refractivity contribution in [1.82, 2.24) is 9.80 Å². The second-order valence-corrected chi connectivity index (χ2v) is 9.00. The normalized spacial score (nSPS) is 16.1. The number of imide groups is 1. The summed E-state index contributed by atoms with van der Waals surface area (Å²) in [6, 6.07) is 19.9. The van der Waals surface area contributed by atoms with Crippen molar-refractivity contribution in [3.05, 3.63) is 112 Å². The van der Waals surface area contributed by atoms with Crippen LogP contribution < -0.4 is 0 Å². The van der Waals surface area contributed by atoms with Gasteiger partial charge >= 0.3 is 0 Å². The molecular weight excluding hydrogens is 446 g/mol. The van der Waals surface area contributed by atoms with Crippen molar-refractivity contribution in [2.45, 2.75) is 19.3 Å². The summed E-state index contributed by atoms with van der Waals surface area (Å²) < 4.78 is 27.1. The fourth-order valence-electron chi connectivity index (χ4n) is 5.00. The molecule has 0 atom stereocenters. The topological polar surface area (TPSA) is 40.6 Å². The number of carbonyl (C=O) groups is 2. The zero-order chi connectivity index (χ0) is 24.4. The monoisotopic (exact) mass is 472 g/mol. The molecule has 5 rings (SSSR count). The second kappa shape index (κ2) is 9.92. The Morgan fingerprint density at radius 3 is 1.66 bits per heavy atom. The number of amides is 2. The fourth-order valence-corrected chi connectivity index (χ4v) is 5.00. The van der Waals surface area contributed by atoms with Gasteiger partial charge in [-0.15, -0.1) is 0 Å². The number of hydrogen-bond acceptors (Lipinski definition) is 3. The van der Waals surface area contributed by atoms with E-state index in [0.717, 1.165) is 49.2 Å². The molecule has 0 saturated carbocycles. The van der Waals surface area contributed by atoms with Crippen molar-refractivity contribution in [2.75, 3.05) is 26.2 Å². The average molecular weight is 473 g/mol. The molecule has 2 aliphatic heterocycles. The van der Waals surface area contributed by atoms with Gasteiger partial charge in [0.25, 0.3) is 11.8 Å². The first-order chi connectivity index (χ1) is 17.0. The van der Waals surface area contributed by atoms with E-state index in [1.165, 1.54) is 34.7 Å². The summed E-state index contributed by atoms with van der Waals surface area (Å²) in [5.41, 5.74) is 5.12. The summed E-state index contributed by atoms with van der Waals surface area (Å²) in [6.07, 6.45) is 2.40. The Hall–Kier alpha value is -3.64. The van der Waals surface area contributed by atoms with Crippen LogP contribution in [0.25, 0.3) is 5.57 Å². The van der Waals surface area contributed by atoms with Crippen LogP contribution in [0.4, 0.5) is 8.78 Å². The van der Waals surface area contributed by atoms with Crippen molar-refractivity contribution < 1.29 is 18.4 Å². The molecule has 1 saturated heterocycles. The molecule has 0 radical (unpaired) electrons. The molecule has 2 heterocycles. The lowest BCUT2D eigenvalue weighted by Gasteiger charge is -2.30. The van der Waals surface area contributed by atoms with E-state index in [1.807, 2.05) is 0 Å². The summed E-state index contributed by atoms with van der Waals surface area (Å²) in [7, 11) is 0. The predicted molar refractivity (Wildman–Crippen MR) is 131 cm³/mol. The number of rotatable bonds is 6. The summed E-state index contributed by atoms with van der Waals surface area (Å²) in [4.78, 5) is 28.8. The molecule has 178 valence electrons.